The number of carbonyl (C=O) groups excluding carboxylic acids is 1. The van der Waals surface area contributed by atoms with Crippen LogP contribution in [0.3, 0.4) is 0 Å². The first kappa shape index (κ1) is 19.8. The molecule has 1 N–H and O–H groups in total. The Bertz CT molecular complexity index is 772. The van der Waals surface area contributed by atoms with E-state index in [1.165, 1.54) is 6.07 Å². The van der Waals surface area contributed by atoms with Crippen LogP contribution in [0.15, 0.2) is 42.5 Å². The summed E-state index contributed by atoms with van der Waals surface area (Å²) >= 11 is 0. The Balaban J connectivity index is 2.01. The van der Waals surface area contributed by atoms with Gasteiger partial charge in [-0.3, -0.25) is 4.79 Å². The standard InChI is InChI=1S/C20H22F3NO2/c1-4-17(26-18-9-8-13(2)10-14(18)3)19(25)24-12-15-6-5-7-16(11-15)20(21,22)23/h5-11,17H,4,12H2,1-3H3,(H,24,25)/t17-/m1/s1. The highest BCUT2D eigenvalue weighted by Gasteiger charge is 2.30. The van der Waals surface area contributed by atoms with E-state index in [2.05, 4.69) is 5.32 Å². The Kier molecular flexibility index (Phi) is 6.29. The molecule has 0 aliphatic carbocycles. The van der Waals surface area contributed by atoms with Crippen LogP contribution in [0.4, 0.5) is 13.2 Å². The smallest absolute Gasteiger partial charge is 0.416 e. The van der Waals surface area contributed by atoms with Crippen LogP contribution in [-0.4, -0.2) is 12.0 Å². The number of halogens is 3. The molecule has 0 saturated heterocycles. The maximum atomic E-state index is 12.8. The van der Waals surface area contributed by atoms with Crippen LogP contribution < -0.4 is 10.1 Å². The maximum Gasteiger partial charge on any atom is 0.416 e. The minimum absolute atomic E-state index is 0.00942. The number of aryl methyl sites for hydroxylation is 2. The predicted molar refractivity (Wildman–Crippen MR) is 93.9 cm³/mol. The fraction of sp³-hybridized carbons (Fsp3) is 0.350. The van der Waals surface area contributed by atoms with Gasteiger partial charge < -0.3 is 10.1 Å². The lowest BCUT2D eigenvalue weighted by atomic mass is 10.1. The van der Waals surface area contributed by atoms with Gasteiger partial charge in [-0.15, -0.1) is 0 Å². The van der Waals surface area contributed by atoms with Crippen molar-refractivity contribution in [2.24, 2.45) is 0 Å². The van der Waals surface area contributed by atoms with Crippen LogP contribution in [0.5, 0.6) is 5.75 Å². The average Bonchev–Trinajstić information content (AvgIpc) is 2.58. The van der Waals surface area contributed by atoms with Crippen molar-refractivity contribution in [1.82, 2.24) is 5.32 Å². The molecule has 0 aliphatic rings. The topological polar surface area (TPSA) is 38.3 Å². The highest BCUT2D eigenvalue weighted by molar-refractivity contribution is 5.81. The Morgan fingerprint density at radius 1 is 1.15 bits per heavy atom. The Morgan fingerprint density at radius 3 is 2.50 bits per heavy atom. The predicted octanol–water partition coefficient (Wildman–Crippen LogP) is 4.80. The summed E-state index contributed by atoms with van der Waals surface area (Å²) in [6, 6.07) is 10.6. The largest absolute Gasteiger partial charge is 0.480 e. The molecule has 0 aliphatic heterocycles. The normalized spacial score (nSPS) is 12.5. The maximum absolute atomic E-state index is 12.8. The van der Waals surface area contributed by atoms with Gasteiger partial charge in [0.1, 0.15) is 5.75 Å². The van der Waals surface area contributed by atoms with Crippen LogP contribution in [0.1, 0.15) is 35.6 Å². The summed E-state index contributed by atoms with van der Waals surface area (Å²) in [4.78, 5) is 12.4. The second-order valence-corrected chi connectivity index (χ2v) is 6.20. The first-order chi connectivity index (χ1) is 12.2. The fourth-order valence-electron chi connectivity index (χ4n) is 2.57. The number of carbonyl (C=O) groups is 1. The molecule has 0 radical (unpaired) electrons. The third kappa shape index (κ3) is 5.25. The lowest BCUT2D eigenvalue weighted by Gasteiger charge is -2.19. The first-order valence-electron chi connectivity index (χ1n) is 8.38. The van der Waals surface area contributed by atoms with Gasteiger partial charge in [-0.05, 0) is 49.6 Å². The molecule has 0 heterocycles. The number of amides is 1. The van der Waals surface area contributed by atoms with Gasteiger partial charge in [-0.2, -0.15) is 13.2 Å². The van der Waals surface area contributed by atoms with Crippen molar-refractivity contribution in [3.05, 3.63) is 64.7 Å². The van der Waals surface area contributed by atoms with E-state index in [1.807, 2.05) is 39.0 Å². The van der Waals surface area contributed by atoms with Gasteiger partial charge in [-0.1, -0.05) is 36.8 Å². The number of alkyl halides is 3. The van der Waals surface area contributed by atoms with Crippen LogP contribution in [0.25, 0.3) is 0 Å². The lowest BCUT2D eigenvalue weighted by molar-refractivity contribution is -0.137. The molecule has 2 aromatic rings. The Labute approximate surface area is 151 Å². The molecule has 1 atom stereocenters. The number of rotatable bonds is 6. The van der Waals surface area contributed by atoms with Crippen molar-refractivity contribution < 1.29 is 22.7 Å². The molecule has 0 spiro atoms. The third-order valence-electron chi connectivity index (χ3n) is 3.98. The summed E-state index contributed by atoms with van der Waals surface area (Å²) in [5, 5.41) is 2.65. The fourth-order valence-corrected chi connectivity index (χ4v) is 2.57. The molecule has 140 valence electrons. The molecule has 6 heteroatoms. The minimum atomic E-state index is -4.40. The number of nitrogens with one attached hydrogen (secondary N) is 1. The van der Waals surface area contributed by atoms with E-state index >= 15 is 0 Å². The van der Waals surface area contributed by atoms with Crippen molar-refractivity contribution in [1.29, 1.82) is 0 Å². The second kappa shape index (κ2) is 8.25. The van der Waals surface area contributed by atoms with Crippen molar-refractivity contribution in [3.8, 4) is 5.75 Å². The zero-order chi connectivity index (χ0) is 19.3. The zero-order valence-corrected chi connectivity index (χ0v) is 15.0. The summed E-state index contributed by atoms with van der Waals surface area (Å²) in [7, 11) is 0. The Morgan fingerprint density at radius 2 is 1.88 bits per heavy atom. The molecular formula is C20H22F3NO2. The van der Waals surface area contributed by atoms with Gasteiger partial charge in [0.2, 0.25) is 0 Å². The van der Waals surface area contributed by atoms with Crippen molar-refractivity contribution in [2.75, 3.05) is 0 Å². The number of ether oxygens (including phenoxy) is 1. The molecule has 2 rings (SSSR count). The summed E-state index contributed by atoms with van der Waals surface area (Å²) in [5.74, 6) is 0.265. The van der Waals surface area contributed by atoms with Crippen LogP contribution in [-0.2, 0) is 17.5 Å². The van der Waals surface area contributed by atoms with Crippen molar-refractivity contribution >= 4 is 5.91 Å². The zero-order valence-electron chi connectivity index (χ0n) is 15.0. The number of hydrogen-bond donors (Lipinski definition) is 1. The monoisotopic (exact) mass is 365 g/mol. The van der Waals surface area contributed by atoms with E-state index in [9.17, 15) is 18.0 Å². The van der Waals surface area contributed by atoms with E-state index in [4.69, 9.17) is 4.74 Å². The molecule has 2 aromatic carbocycles. The molecule has 1 amide bonds. The van der Waals surface area contributed by atoms with Crippen LogP contribution in [0.2, 0.25) is 0 Å². The summed E-state index contributed by atoms with van der Waals surface area (Å²) in [6.45, 7) is 5.69. The molecule has 0 fully saturated rings. The SMILES string of the molecule is CC[C@@H](Oc1ccc(C)cc1C)C(=O)NCc1cccc(C(F)(F)F)c1. The van der Waals surface area contributed by atoms with Gasteiger partial charge in [0.15, 0.2) is 6.10 Å². The van der Waals surface area contributed by atoms with Crippen LogP contribution >= 0.6 is 0 Å². The van der Waals surface area contributed by atoms with E-state index in [1.54, 1.807) is 6.07 Å². The molecule has 0 saturated carbocycles. The highest BCUT2D eigenvalue weighted by atomic mass is 19.4. The summed E-state index contributed by atoms with van der Waals surface area (Å²) in [5.41, 5.74) is 1.67. The number of benzene rings is 2. The van der Waals surface area contributed by atoms with E-state index in [-0.39, 0.29) is 12.5 Å². The van der Waals surface area contributed by atoms with Crippen LogP contribution in [0, 0.1) is 13.8 Å². The quantitative estimate of drug-likeness (QED) is 0.799. The van der Waals surface area contributed by atoms with Crippen molar-refractivity contribution in [3.63, 3.8) is 0 Å². The van der Waals surface area contributed by atoms with E-state index < -0.39 is 17.8 Å². The van der Waals surface area contributed by atoms with E-state index in [0.717, 1.165) is 23.3 Å². The lowest BCUT2D eigenvalue weighted by Crippen LogP contribution is -2.37. The molecular weight excluding hydrogens is 343 g/mol. The molecule has 26 heavy (non-hydrogen) atoms. The summed E-state index contributed by atoms with van der Waals surface area (Å²) < 4.78 is 44.0. The molecule has 0 unspecified atom stereocenters. The Hall–Kier alpha value is -2.50. The van der Waals surface area contributed by atoms with Crippen molar-refractivity contribution in [2.45, 2.75) is 46.0 Å². The minimum Gasteiger partial charge on any atom is -0.480 e. The van der Waals surface area contributed by atoms with Gasteiger partial charge in [-0.25, -0.2) is 0 Å². The summed E-state index contributed by atoms with van der Waals surface area (Å²) in [6.07, 6.45) is -4.66. The number of hydrogen-bond acceptors (Lipinski definition) is 2. The van der Waals surface area contributed by atoms with Gasteiger partial charge in [0.05, 0.1) is 5.56 Å². The second-order valence-electron chi connectivity index (χ2n) is 6.20. The van der Waals surface area contributed by atoms with Gasteiger partial charge >= 0.3 is 6.18 Å². The van der Waals surface area contributed by atoms with E-state index in [0.29, 0.717) is 17.7 Å². The third-order valence-corrected chi connectivity index (χ3v) is 3.98. The first-order valence-corrected chi connectivity index (χ1v) is 8.38. The molecule has 0 bridgehead atoms. The van der Waals surface area contributed by atoms with Gasteiger partial charge in [0, 0.05) is 6.54 Å². The molecule has 3 nitrogen and oxygen atoms in total. The molecule has 0 aromatic heterocycles. The average molecular weight is 365 g/mol. The van der Waals surface area contributed by atoms with Gasteiger partial charge in [0.25, 0.3) is 5.91 Å². The highest BCUT2D eigenvalue weighted by Crippen LogP contribution is 2.29.